The van der Waals surface area contributed by atoms with E-state index in [1.165, 1.54) is 0 Å². The maximum absolute atomic E-state index is 9.20. The monoisotopic (exact) mass is 238 g/mol. The Hall–Kier alpha value is -1.08. The van der Waals surface area contributed by atoms with Crippen molar-refractivity contribution in [2.45, 2.75) is 6.04 Å². The largest absolute Gasteiger partial charge is 0.379 e. The van der Waals surface area contributed by atoms with E-state index in [9.17, 15) is 5.26 Å². The summed E-state index contributed by atoms with van der Waals surface area (Å²) in [5.41, 5.74) is 1.07. The van der Waals surface area contributed by atoms with Crippen LogP contribution in [-0.4, -0.2) is 31.2 Å². The molecule has 0 N–H and O–H groups in total. The molecule has 16 heavy (non-hydrogen) atoms. The lowest BCUT2D eigenvalue weighted by atomic mass is 10.1. The molecule has 1 aliphatic rings. The lowest BCUT2D eigenvalue weighted by Gasteiger charge is -2.30. The first kappa shape index (κ1) is 13.0. The number of rotatable bonds is 2. The molecule has 1 aromatic carbocycles. The van der Waals surface area contributed by atoms with E-state index in [1.54, 1.807) is 0 Å². The van der Waals surface area contributed by atoms with Gasteiger partial charge in [0.15, 0.2) is 0 Å². The van der Waals surface area contributed by atoms with Gasteiger partial charge in [-0.2, -0.15) is 5.26 Å². The second kappa shape index (κ2) is 6.49. The van der Waals surface area contributed by atoms with Crippen LogP contribution in [0.2, 0.25) is 0 Å². The minimum absolute atomic E-state index is 0. The van der Waals surface area contributed by atoms with Crippen LogP contribution >= 0.6 is 12.4 Å². The summed E-state index contributed by atoms with van der Waals surface area (Å²) < 4.78 is 5.28. The Bertz CT molecular complexity index is 344. The Morgan fingerprint density at radius 2 is 1.81 bits per heavy atom. The van der Waals surface area contributed by atoms with Gasteiger partial charge in [0.25, 0.3) is 0 Å². The van der Waals surface area contributed by atoms with Gasteiger partial charge in [-0.1, -0.05) is 30.3 Å². The first-order valence-electron chi connectivity index (χ1n) is 5.18. The zero-order valence-corrected chi connectivity index (χ0v) is 9.82. The number of benzene rings is 1. The first-order valence-corrected chi connectivity index (χ1v) is 5.18. The van der Waals surface area contributed by atoms with Crippen LogP contribution in [0.15, 0.2) is 30.3 Å². The SMILES string of the molecule is Cl.N#CC(c1ccccc1)N1CCOCC1. The molecule has 1 aromatic rings. The van der Waals surface area contributed by atoms with Crippen LogP contribution in [0.1, 0.15) is 11.6 Å². The van der Waals surface area contributed by atoms with Gasteiger partial charge in [-0.15, -0.1) is 12.4 Å². The third-order valence-electron chi connectivity index (χ3n) is 2.65. The quantitative estimate of drug-likeness (QED) is 0.791. The van der Waals surface area contributed by atoms with Gasteiger partial charge in [-0.3, -0.25) is 4.90 Å². The van der Waals surface area contributed by atoms with E-state index in [4.69, 9.17) is 4.74 Å². The molecule has 1 atom stereocenters. The predicted molar refractivity (Wildman–Crippen MR) is 64.4 cm³/mol. The highest BCUT2D eigenvalue weighted by Gasteiger charge is 2.21. The van der Waals surface area contributed by atoms with Gasteiger partial charge in [0.2, 0.25) is 0 Å². The van der Waals surface area contributed by atoms with Crippen LogP contribution in [0.4, 0.5) is 0 Å². The summed E-state index contributed by atoms with van der Waals surface area (Å²) in [6, 6.07) is 12.1. The van der Waals surface area contributed by atoms with Crippen molar-refractivity contribution in [3.05, 3.63) is 35.9 Å². The van der Waals surface area contributed by atoms with Gasteiger partial charge in [0.05, 0.1) is 19.3 Å². The number of nitriles is 1. The maximum atomic E-state index is 9.20. The molecular formula is C12H15ClN2O. The average Bonchev–Trinajstić information content (AvgIpc) is 2.33. The number of hydrogen-bond donors (Lipinski definition) is 0. The Morgan fingerprint density at radius 3 is 2.38 bits per heavy atom. The molecular weight excluding hydrogens is 224 g/mol. The van der Waals surface area contributed by atoms with Gasteiger partial charge in [0.1, 0.15) is 6.04 Å². The summed E-state index contributed by atoms with van der Waals surface area (Å²) in [5.74, 6) is 0. The molecule has 1 unspecified atom stereocenters. The molecule has 0 aliphatic carbocycles. The Labute approximate surface area is 102 Å². The summed E-state index contributed by atoms with van der Waals surface area (Å²) in [6.07, 6.45) is 0. The zero-order valence-electron chi connectivity index (χ0n) is 9.00. The van der Waals surface area contributed by atoms with Gasteiger partial charge >= 0.3 is 0 Å². The molecule has 0 saturated carbocycles. The van der Waals surface area contributed by atoms with E-state index in [0.29, 0.717) is 0 Å². The third-order valence-corrected chi connectivity index (χ3v) is 2.65. The van der Waals surface area contributed by atoms with E-state index in [1.807, 2.05) is 30.3 Å². The van der Waals surface area contributed by atoms with Crippen molar-refractivity contribution in [1.82, 2.24) is 4.90 Å². The highest BCUT2D eigenvalue weighted by atomic mass is 35.5. The summed E-state index contributed by atoms with van der Waals surface area (Å²) in [5, 5.41) is 9.20. The molecule has 4 heteroatoms. The number of morpholine rings is 1. The van der Waals surface area contributed by atoms with E-state index < -0.39 is 0 Å². The van der Waals surface area contributed by atoms with Crippen LogP contribution < -0.4 is 0 Å². The van der Waals surface area contributed by atoms with Crippen LogP contribution in [0.3, 0.4) is 0 Å². The number of hydrogen-bond acceptors (Lipinski definition) is 3. The minimum Gasteiger partial charge on any atom is -0.379 e. The van der Waals surface area contributed by atoms with Crippen LogP contribution in [0, 0.1) is 11.3 Å². The van der Waals surface area contributed by atoms with E-state index in [-0.39, 0.29) is 18.4 Å². The fourth-order valence-electron chi connectivity index (χ4n) is 1.84. The fourth-order valence-corrected chi connectivity index (χ4v) is 1.84. The summed E-state index contributed by atoms with van der Waals surface area (Å²) in [6.45, 7) is 3.14. The second-order valence-corrected chi connectivity index (χ2v) is 3.59. The van der Waals surface area contributed by atoms with Crippen molar-refractivity contribution in [2.75, 3.05) is 26.3 Å². The van der Waals surface area contributed by atoms with Crippen LogP contribution in [0.25, 0.3) is 0 Å². The summed E-state index contributed by atoms with van der Waals surface area (Å²) in [7, 11) is 0. The lowest BCUT2D eigenvalue weighted by molar-refractivity contribution is 0.0266. The average molecular weight is 239 g/mol. The normalized spacial score (nSPS) is 18.2. The van der Waals surface area contributed by atoms with E-state index in [2.05, 4.69) is 11.0 Å². The van der Waals surface area contributed by atoms with Gasteiger partial charge in [0, 0.05) is 13.1 Å². The predicted octanol–water partition coefficient (Wildman–Crippen LogP) is 2.01. The molecule has 0 amide bonds. The highest BCUT2D eigenvalue weighted by molar-refractivity contribution is 5.85. The number of nitrogens with zero attached hydrogens (tertiary/aromatic N) is 2. The molecule has 86 valence electrons. The highest BCUT2D eigenvalue weighted by Crippen LogP contribution is 2.20. The number of halogens is 1. The molecule has 0 radical (unpaired) electrons. The summed E-state index contributed by atoms with van der Waals surface area (Å²) >= 11 is 0. The van der Waals surface area contributed by atoms with Gasteiger partial charge < -0.3 is 4.74 Å². The van der Waals surface area contributed by atoms with Crippen molar-refractivity contribution >= 4 is 12.4 Å². The van der Waals surface area contributed by atoms with Gasteiger partial charge in [-0.05, 0) is 5.56 Å². The molecule has 1 heterocycles. The maximum Gasteiger partial charge on any atom is 0.124 e. The van der Waals surface area contributed by atoms with Crippen molar-refractivity contribution in [2.24, 2.45) is 0 Å². The summed E-state index contributed by atoms with van der Waals surface area (Å²) in [4.78, 5) is 2.17. The topological polar surface area (TPSA) is 36.3 Å². The van der Waals surface area contributed by atoms with Crippen molar-refractivity contribution in [1.29, 1.82) is 5.26 Å². The Kier molecular flexibility index (Phi) is 5.27. The minimum atomic E-state index is -0.130. The van der Waals surface area contributed by atoms with Gasteiger partial charge in [-0.25, -0.2) is 0 Å². The molecule has 3 nitrogen and oxygen atoms in total. The van der Waals surface area contributed by atoms with Crippen molar-refractivity contribution < 1.29 is 4.74 Å². The lowest BCUT2D eigenvalue weighted by Crippen LogP contribution is -2.38. The Morgan fingerprint density at radius 1 is 1.19 bits per heavy atom. The van der Waals surface area contributed by atoms with E-state index >= 15 is 0 Å². The zero-order chi connectivity index (χ0) is 10.5. The van der Waals surface area contributed by atoms with E-state index in [0.717, 1.165) is 31.9 Å². The molecule has 1 fully saturated rings. The fraction of sp³-hybridized carbons (Fsp3) is 0.417. The molecule has 2 rings (SSSR count). The first-order chi connectivity index (χ1) is 7.42. The molecule has 0 bridgehead atoms. The van der Waals surface area contributed by atoms with Crippen molar-refractivity contribution in [3.63, 3.8) is 0 Å². The van der Waals surface area contributed by atoms with Crippen LogP contribution in [0.5, 0.6) is 0 Å². The smallest absolute Gasteiger partial charge is 0.124 e. The molecule has 1 saturated heterocycles. The van der Waals surface area contributed by atoms with Crippen LogP contribution in [-0.2, 0) is 4.74 Å². The molecule has 0 spiro atoms. The van der Waals surface area contributed by atoms with Crippen molar-refractivity contribution in [3.8, 4) is 6.07 Å². The standard InChI is InChI=1S/C12H14N2O.ClH/c13-10-12(11-4-2-1-3-5-11)14-6-8-15-9-7-14;/h1-5,12H,6-9H2;1H. The Balaban J connectivity index is 0.00000128. The second-order valence-electron chi connectivity index (χ2n) is 3.59. The number of ether oxygens (including phenoxy) is 1. The molecule has 0 aromatic heterocycles. The molecule has 1 aliphatic heterocycles. The third kappa shape index (κ3) is 2.96.